The summed E-state index contributed by atoms with van der Waals surface area (Å²) in [5.41, 5.74) is 1.78. The van der Waals surface area contributed by atoms with Gasteiger partial charge in [0.05, 0.1) is 19.6 Å². The molecule has 1 aliphatic heterocycles. The van der Waals surface area contributed by atoms with Gasteiger partial charge in [0.2, 0.25) is 0 Å². The molecule has 1 atom stereocenters. The van der Waals surface area contributed by atoms with Gasteiger partial charge in [-0.15, -0.1) is 0 Å². The van der Waals surface area contributed by atoms with Gasteiger partial charge < -0.3 is 26.0 Å². The first-order valence-corrected chi connectivity index (χ1v) is 11.0. The predicted octanol–water partition coefficient (Wildman–Crippen LogP) is -0.313. The first-order valence-electron chi connectivity index (χ1n) is 10.6. The van der Waals surface area contributed by atoms with Crippen LogP contribution in [0.1, 0.15) is 5.56 Å². The lowest BCUT2D eigenvalue weighted by Crippen LogP contribution is -2.49. The van der Waals surface area contributed by atoms with Gasteiger partial charge in [-0.2, -0.15) is 0 Å². The van der Waals surface area contributed by atoms with Gasteiger partial charge in [0.25, 0.3) is 0 Å². The quantitative estimate of drug-likeness (QED) is 0.295. The highest BCUT2D eigenvalue weighted by molar-refractivity contribution is 7.80. The Morgan fingerprint density at radius 3 is 2.03 bits per heavy atom. The van der Waals surface area contributed by atoms with Crippen LogP contribution in [0.15, 0.2) is 24.3 Å². The number of benzene rings is 1. The first kappa shape index (κ1) is 26.5. The second kappa shape index (κ2) is 13.0. The second-order valence-corrected chi connectivity index (χ2v) is 8.33. The van der Waals surface area contributed by atoms with E-state index < -0.39 is 17.9 Å². The van der Waals surface area contributed by atoms with Crippen LogP contribution in [-0.4, -0.2) is 118 Å². The van der Waals surface area contributed by atoms with E-state index in [2.05, 4.69) is 10.6 Å². The normalized spacial score (nSPS) is 18.5. The zero-order chi connectivity index (χ0) is 24.4. The van der Waals surface area contributed by atoms with Gasteiger partial charge in [0, 0.05) is 51.5 Å². The van der Waals surface area contributed by atoms with E-state index >= 15 is 0 Å². The molecule has 1 aromatic carbocycles. The van der Waals surface area contributed by atoms with Gasteiger partial charge in [0.1, 0.15) is 0 Å². The summed E-state index contributed by atoms with van der Waals surface area (Å²) in [5.74, 6) is -2.96. The molecule has 1 fully saturated rings. The smallest absolute Gasteiger partial charge is 0.317 e. The van der Waals surface area contributed by atoms with Crippen LogP contribution in [-0.2, 0) is 20.8 Å². The molecule has 2 rings (SSSR count). The molecule has 1 unspecified atom stereocenters. The molecule has 12 heteroatoms. The van der Waals surface area contributed by atoms with Crippen molar-refractivity contribution in [1.82, 2.24) is 20.0 Å². The summed E-state index contributed by atoms with van der Waals surface area (Å²) in [6.45, 7) is 1.24. The van der Waals surface area contributed by atoms with Crippen molar-refractivity contribution in [3.63, 3.8) is 0 Å². The Hall–Kier alpha value is -2.80. The number of hydrogen-bond donors (Lipinski definition) is 5. The molecule has 0 amide bonds. The number of rotatable bonds is 9. The van der Waals surface area contributed by atoms with Crippen LogP contribution in [0.5, 0.6) is 0 Å². The van der Waals surface area contributed by atoms with E-state index in [0.29, 0.717) is 44.3 Å². The summed E-state index contributed by atoms with van der Waals surface area (Å²) in [4.78, 5) is 39.4. The van der Waals surface area contributed by atoms with Crippen LogP contribution in [0.4, 0.5) is 5.69 Å². The van der Waals surface area contributed by atoms with E-state index in [1.165, 1.54) is 0 Å². The van der Waals surface area contributed by atoms with E-state index in [4.69, 9.17) is 12.2 Å². The Morgan fingerprint density at radius 2 is 1.45 bits per heavy atom. The van der Waals surface area contributed by atoms with Crippen LogP contribution < -0.4 is 10.6 Å². The maximum atomic E-state index is 11.6. The number of hydrogen-bond acceptors (Lipinski definition) is 7. The molecule has 182 valence electrons. The number of carboxylic acid groups (broad SMARTS) is 3. The first-order chi connectivity index (χ1) is 15.7. The fraction of sp³-hybridized carbons (Fsp3) is 0.524. The summed E-state index contributed by atoms with van der Waals surface area (Å²) in [5, 5.41) is 34.4. The Morgan fingerprint density at radius 1 is 0.909 bits per heavy atom. The van der Waals surface area contributed by atoms with Crippen LogP contribution in [0.2, 0.25) is 0 Å². The molecule has 11 nitrogen and oxygen atoms in total. The maximum absolute atomic E-state index is 11.6. The van der Waals surface area contributed by atoms with Gasteiger partial charge in [0.15, 0.2) is 5.11 Å². The van der Waals surface area contributed by atoms with Crippen LogP contribution in [0, 0.1) is 0 Å². The molecule has 0 saturated carbocycles. The van der Waals surface area contributed by atoms with Crippen molar-refractivity contribution in [1.29, 1.82) is 0 Å². The van der Waals surface area contributed by atoms with Crippen LogP contribution >= 0.6 is 12.2 Å². The molecular formula is C21H31N5O6S. The van der Waals surface area contributed by atoms with E-state index in [-0.39, 0.29) is 25.7 Å². The number of aliphatic carboxylic acids is 3. The van der Waals surface area contributed by atoms with Crippen molar-refractivity contribution >= 4 is 40.9 Å². The fourth-order valence-corrected chi connectivity index (χ4v) is 3.92. The summed E-state index contributed by atoms with van der Waals surface area (Å²) in [7, 11) is 1.72. The number of carbonyl (C=O) groups is 3. The molecule has 5 N–H and O–H groups in total. The average Bonchev–Trinajstić information content (AvgIpc) is 2.80. The molecular weight excluding hydrogens is 450 g/mol. The van der Waals surface area contributed by atoms with Gasteiger partial charge in [-0.3, -0.25) is 29.1 Å². The second-order valence-electron chi connectivity index (χ2n) is 7.92. The number of thiocarbonyl (C=S) groups is 1. The highest BCUT2D eigenvalue weighted by Crippen LogP contribution is 2.16. The van der Waals surface area contributed by atoms with Crippen molar-refractivity contribution in [3.8, 4) is 0 Å². The molecule has 0 spiro atoms. The summed E-state index contributed by atoms with van der Waals surface area (Å²) in [6, 6.07) is 7.33. The Labute approximate surface area is 198 Å². The number of anilines is 1. The fourth-order valence-electron chi connectivity index (χ4n) is 3.80. The van der Waals surface area contributed by atoms with Crippen molar-refractivity contribution in [2.24, 2.45) is 0 Å². The zero-order valence-electron chi connectivity index (χ0n) is 18.6. The summed E-state index contributed by atoms with van der Waals surface area (Å²) < 4.78 is 0. The van der Waals surface area contributed by atoms with E-state index in [9.17, 15) is 29.7 Å². The highest BCUT2D eigenvalue weighted by atomic mass is 32.1. The van der Waals surface area contributed by atoms with Crippen molar-refractivity contribution in [2.75, 3.05) is 64.7 Å². The molecule has 33 heavy (non-hydrogen) atoms. The molecule has 1 heterocycles. The van der Waals surface area contributed by atoms with Gasteiger partial charge >= 0.3 is 17.9 Å². The van der Waals surface area contributed by atoms with Crippen molar-refractivity contribution < 1.29 is 29.7 Å². The Bertz CT molecular complexity index is 837. The molecule has 0 aromatic heterocycles. The third-order valence-electron chi connectivity index (χ3n) is 5.39. The topological polar surface area (TPSA) is 146 Å². The Balaban J connectivity index is 2.24. The van der Waals surface area contributed by atoms with Gasteiger partial charge in [-0.05, 0) is 36.3 Å². The minimum absolute atomic E-state index is 0.185. The number of nitrogens with zero attached hydrogens (tertiary/aromatic N) is 3. The van der Waals surface area contributed by atoms with Crippen molar-refractivity contribution in [2.45, 2.75) is 12.5 Å². The highest BCUT2D eigenvalue weighted by Gasteiger charge is 2.27. The van der Waals surface area contributed by atoms with Crippen molar-refractivity contribution in [3.05, 3.63) is 29.8 Å². The largest absolute Gasteiger partial charge is 0.480 e. The number of carboxylic acids is 3. The van der Waals surface area contributed by atoms with E-state index in [1.54, 1.807) is 21.7 Å². The van der Waals surface area contributed by atoms with Crippen LogP contribution in [0.3, 0.4) is 0 Å². The molecule has 1 aliphatic rings. The number of nitrogens with one attached hydrogen (secondary N) is 2. The lowest BCUT2D eigenvalue weighted by Gasteiger charge is -2.33. The average molecular weight is 482 g/mol. The van der Waals surface area contributed by atoms with E-state index in [0.717, 1.165) is 11.3 Å². The summed E-state index contributed by atoms with van der Waals surface area (Å²) in [6.07, 6.45) is 0.513. The Kier molecular flexibility index (Phi) is 10.5. The van der Waals surface area contributed by atoms with Gasteiger partial charge in [-0.1, -0.05) is 12.1 Å². The SMILES string of the molecule is CNC(=S)Nc1ccc(CC2CN(CC(=O)O)CCN(CC(=O)O)CCN2CC(=O)O)cc1. The maximum Gasteiger partial charge on any atom is 0.317 e. The minimum Gasteiger partial charge on any atom is -0.480 e. The zero-order valence-corrected chi connectivity index (χ0v) is 19.4. The monoisotopic (exact) mass is 481 g/mol. The molecule has 0 radical (unpaired) electrons. The molecule has 0 aliphatic carbocycles. The minimum atomic E-state index is -0.992. The molecule has 1 aromatic rings. The van der Waals surface area contributed by atoms with E-state index in [1.807, 2.05) is 24.3 Å². The van der Waals surface area contributed by atoms with Gasteiger partial charge in [-0.25, -0.2) is 0 Å². The lowest BCUT2D eigenvalue weighted by atomic mass is 10.0. The molecule has 0 bridgehead atoms. The lowest BCUT2D eigenvalue weighted by molar-refractivity contribution is -0.140. The third-order valence-corrected chi connectivity index (χ3v) is 5.69. The predicted molar refractivity (Wildman–Crippen MR) is 127 cm³/mol. The van der Waals surface area contributed by atoms with Crippen LogP contribution in [0.25, 0.3) is 0 Å². The standard InChI is InChI=1S/C21H31N5O6S/c1-22-21(33)23-16-4-2-15(3-5-16)10-17-11-25(13-19(29)30)7-6-24(12-18(27)28)8-9-26(17)14-20(31)32/h2-5,17H,6-14H2,1H3,(H,27,28)(H,29,30)(H,31,32)(H2,22,23,33). The third kappa shape index (κ3) is 9.70. The summed E-state index contributed by atoms with van der Waals surface area (Å²) >= 11 is 5.10. The molecule has 1 saturated heterocycles.